The molecule has 0 bridgehead atoms. The second-order valence-electron chi connectivity index (χ2n) is 6.50. The fraction of sp³-hybridized carbons (Fsp3) is 0.368. The molecular formula is C19H26IN5O3S2. The lowest BCUT2D eigenvalue weighted by Crippen LogP contribution is -2.41. The molecule has 11 heteroatoms. The smallest absolute Gasteiger partial charge is 0.250 e. The van der Waals surface area contributed by atoms with Crippen LogP contribution >= 0.6 is 35.3 Å². The summed E-state index contributed by atoms with van der Waals surface area (Å²) in [6.45, 7) is 2.00. The van der Waals surface area contributed by atoms with E-state index in [0.717, 1.165) is 24.2 Å². The minimum atomic E-state index is -3.45. The van der Waals surface area contributed by atoms with E-state index in [1.54, 1.807) is 24.6 Å². The monoisotopic (exact) mass is 563 g/mol. The molecular weight excluding hydrogens is 537 g/mol. The highest BCUT2D eigenvalue weighted by atomic mass is 127. The molecule has 0 radical (unpaired) electrons. The average molecular weight is 563 g/mol. The van der Waals surface area contributed by atoms with Crippen LogP contribution in [0, 0.1) is 0 Å². The van der Waals surface area contributed by atoms with Gasteiger partial charge in [0.05, 0.1) is 0 Å². The van der Waals surface area contributed by atoms with Gasteiger partial charge in [0.2, 0.25) is 15.9 Å². The van der Waals surface area contributed by atoms with Crippen molar-refractivity contribution in [2.45, 2.75) is 23.6 Å². The molecule has 2 aromatic rings. The predicted octanol–water partition coefficient (Wildman–Crippen LogP) is 2.14. The number of amides is 1. The molecule has 0 saturated carbocycles. The van der Waals surface area contributed by atoms with Crippen LogP contribution in [0.3, 0.4) is 0 Å². The lowest BCUT2D eigenvalue weighted by atomic mass is 10.2. The van der Waals surface area contributed by atoms with Crippen LogP contribution in [0.4, 0.5) is 5.69 Å². The Morgan fingerprint density at radius 2 is 1.93 bits per heavy atom. The van der Waals surface area contributed by atoms with Crippen molar-refractivity contribution in [3.05, 3.63) is 47.3 Å². The summed E-state index contributed by atoms with van der Waals surface area (Å²) >= 11 is 1.18. The van der Waals surface area contributed by atoms with Gasteiger partial charge in [-0.1, -0.05) is 18.2 Å². The SMILES string of the molecule is CN=C(NCCNS(=O)(=O)c1cccs1)NCc1ccc(N2CCCC2=O)cc1.I. The molecule has 164 valence electrons. The van der Waals surface area contributed by atoms with Gasteiger partial charge in [-0.2, -0.15) is 0 Å². The van der Waals surface area contributed by atoms with Crippen LogP contribution in [0.1, 0.15) is 18.4 Å². The summed E-state index contributed by atoms with van der Waals surface area (Å²) in [5.41, 5.74) is 1.98. The van der Waals surface area contributed by atoms with Crippen LogP contribution in [-0.2, 0) is 21.4 Å². The number of aliphatic imine (C=N–C) groups is 1. The maximum atomic E-state index is 12.1. The van der Waals surface area contributed by atoms with Gasteiger partial charge in [0.15, 0.2) is 5.96 Å². The summed E-state index contributed by atoms with van der Waals surface area (Å²) < 4.78 is 27.0. The molecule has 2 heterocycles. The van der Waals surface area contributed by atoms with E-state index in [1.165, 1.54) is 11.3 Å². The zero-order valence-corrected chi connectivity index (χ0v) is 20.6. The quantitative estimate of drug-likeness (QED) is 0.198. The molecule has 0 spiro atoms. The molecule has 1 aliphatic heterocycles. The minimum absolute atomic E-state index is 0. The number of carbonyl (C=O) groups excluding carboxylic acids is 1. The Morgan fingerprint density at radius 3 is 2.53 bits per heavy atom. The molecule has 1 fully saturated rings. The number of nitrogens with one attached hydrogen (secondary N) is 3. The largest absolute Gasteiger partial charge is 0.355 e. The first-order chi connectivity index (χ1) is 14.0. The normalized spacial score (nSPS) is 14.5. The number of rotatable bonds is 8. The Bertz CT molecular complexity index is 947. The van der Waals surface area contributed by atoms with Crippen molar-refractivity contribution in [1.82, 2.24) is 15.4 Å². The highest BCUT2D eigenvalue weighted by Crippen LogP contribution is 2.21. The van der Waals surface area contributed by atoms with Crippen LogP contribution in [0.2, 0.25) is 0 Å². The number of carbonyl (C=O) groups is 1. The molecule has 0 atom stereocenters. The van der Waals surface area contributed by atoms with E-state index in [1.807, 2.05) is 29.2 Å². The van der Waals surface area contributed by atoms with E-state index >= 15 is 0 Å². The number of hydrogen-bond donors (Lipinski definition) is 3. The van der Waals surface area contributed by atoms with Gasteiger partial charge in [-0.05, 0) is 35.6 Å². The van der Waals surface area contributed by atoms with Gasteiger partial charge in [-0.25, -0.2) is 13.1 Å². The van der Waals surface area contributed by atoms with Crippen LogP contribution in [0.5, 0.6) is 0 Å². The second kappa shape index (κ2) is 11.6. The Morgan fingerprint density at radius 1 is 1.17 bits per heavy atom. The number of sulfonamides is 1. The molecule has 3 rings (SSSR count). The topological polar surface area (TPSA) is 103 Å². The molecule has 1 saturated heterocycles. The highest BCUT2D eigenvalue weighted by molar-refractivity contribution is 14.0. The average Bonchev–Trinajstić information content (AvgIpc) is 3.40. The summed E-state index contributed by atoms with van der Waals surface area (Å²) in [6, 6.07) is 11.2. The molecule has 3 N–H and O–H groups in total. The van der Waals surface area contributed by atoms with Crippen LogP contribution in [-0.4, -0.2) is 47.0 Å². The van der Waals surface area contributed by atoms with E-state index < -0.39 is 10.0 Å². The standard InChI is InChI=1S/C19H25N5O3S2.HI/c1-20-19(21-10-11-23-29(26,27)18-5-3-13-28-18)22-14-15-6-8-16(9-7-15)24-12-2-4-17(24)25;/h3,5-9,13,23H,2,4,10-12,14H2,1H3,(H2,20,21,22);1H. The molecule has 0 unspecified atom stereocenters. The molecule has 30 heavy (non-hydrogen) atoms. The number of anilines is 1. The number of nitrogens with zero attached hydrogens (tertiary/aromatic N) is 2. The van der Waals surface area contributed by atoms with Crippen LogP contribution < -0.4 is 20.3 Å². The maximum absolute atomic E-state index is 12.1. The van der Waals surface area contributed by atoms with Gasteiger partial charge < -0.3 is 15.5 Å². The van der Waals surface area contributed by atoms with E-state index in [9.17, 15) is 13.2 Å². The highest BCUT2D eigenvalue weighted by Gasteiger charge is 2.21. The van der Waals surface area contributed by atoms with E-state index in [0.29, 0.717) is 29.7 Å². The fourth-order valence-corrected chi connectivity index (χ4v) is 5.04. The summed E-state index contributed by atoms with van der Waals surface area (Å²) in [5, 5.41) is 8.00. The van der Waals surface area contributed by atoms with E-state index in [4.69, 9.17) is 0 Å². The predicted molar refractivity (Wildman–Crippen MR) is 131 cm³/mol. The molecule has 1 amide bonds. The molecule has 8 nitrogen and oxygen atoms in total. The molecule has 0 aliphatic carbocycles. The zero-order chi connectivity index (χ0) is 20.7. The summed E-state index contributed by atoms with van der Waals surface area (Å²) in [6.07, 6.45) is 1.53. The van der Waals surface area contributed by atoms with E-state index in [-0.39, 0.29) is 36.4 Å². The Hall–Kier alpha value is -1.70. The molecule has 1 aliphatic rings. The van der Waals surface area contributed by atoms with Gasteiger partial charge in [-0.15, -0.1) is 35.3 Å². The first-order valence-corrected chi connectivity index (χ1v) is 11.7. The summed E-state index contributed by atoms with van der Waals surface area (Å²) in [5.74, 6) is 0.759. The third-order valence-electron chi connectivity index (χ3n) is 4.47. The van der Waals surface area contributed by atoms with Crippen LogP contribution in [0.25, 0.3) is 0 Å². The molecule has 1 aromatic carbocycles. The van der Waals surface area contributed by atoms with Crippen molar-refractivity contribution in [2.24, 2.45) is 4.99 Å². The summed E-state index contributed by atoms with van der Waals surface area (Å²) in [7, 11) is -1.79. The third kappa shape index (κ3) is 6.65. The van der Waals surface area contributed by atoms with Gasteiger partial charge >= 0.3 is 0 Å². The summed E-state index contributed by atoms with van der Waals surface area (Å²) in [4.78, 5) is 17.8. The number of hydrogen-bond acceptors (Lipinski definition) is 5. The number of thiophene rings is 1. The lowest BCUT2D eigenvalue weighted by molar-refractivity contribution is -0.117. The molecule has 1 aromatic heterocycles. The number of halogens is 1. The van der Waals surface area contributed by atoms with Crippen molar-refractivity contribution in [2.75, 3.05) is 31.6 Å². The van der Waals surface area contributed by atoms with Crippen molar-refractivity contribution in [3.8, 4) is 0 Å². The van der Waals surface area contributed by atoms with Crippen LogP contribution in [0.15, 0.2) is 51.0 Å². The van der Waals surface area contributed by atoms with Crippen molar-refractivity contribution in [3.63, 3.8) is 0 Å². The first kappa shape index (κ1) is 24.6. The minimum Gasteiger partial charge on any atom is -0.355 e. The van der Waals surface area contributed by atoms with Gasteiger partial charge in [0, 0.05) is 45.3 Å². The third-order valence-corrected chi connectivity index (χ3v) is 7.33. The van der Waals surface area contributed by atoms with Crippen molar-refractivity contribution in [1.29, 1.82) is 0 Å². The Labute approximate surface area is 198 Å². The van der Waals surface area contributed by atoms with Crippen molar-refractivity contribution < 1.29 is 13.2 Å². The van der Waals surface area contributed by atoms with Crippen molar-refractivity contribution >= 4 is 62.9 Å². The number of guanidine groups is 1. The van der Waals surface area contributed by atoms with Gasteiger partial charge in [-0.3, -0.25) is 9.79 Å². The van der Waals surface area contributed by atoms with Gasteiger partial charge in [0.1, 0.15) is 4.21 Å². The van der Waals surface area contributed by atoms with Gasteiger partial charge in [0.25, 0.3) is 0 Å². The Kier molecular flexibility index (Phi) is 9.52. The Balaban J connectivity index is 0.00000320. The lowest BCUT2D eigenvalue weighted by Gasteiger charge is -2.16. The maximum Gasteiger partial charge on any atom is 0.250 e. The van der Waals surface area contributed by atoms with E-state index in [2.05, 4.69) is 20.3 Å². The second-order valence-corrected chi connectivity index (χ2v) is 9.44. The number of benzene rings is 1. The fourth-order valence-electron chi connectivity index (χ4n) is 2.98. The zero-order valence-electron chi connectivity index (χ0n) is 16.6. The first-order valence-electron chi connectivity index (χ1n) is 9.36.